The Bertz CT molecular complexity index is 851. The van der Waals surface area contributed by atoms with Gasteiger partial charge in [-0.15, -0.1) is 10.2 Å². The molecule has 0 unspecified atom stereocenters. The van der Waals surface area contributed by atoms with Crippen molar-refractivity contribution < 1.29 is 9.53 Å². The molecule has 0 atom stereocenters. The first-order valence-electron chi connectivity index (χ1n) is 7.14. The fourth-order valence-electron chi connectivity index (χ4n) is 2.14. The summed E-state index contributed by atoms with van der Waals surface area (Å²) < 4.78 is 5.52. The van der Waals surface area contributed by atoms with Crippen molar-refractivity contribution in [2.45, 2.75) is 6.92 Å². The first kappa shape index (κ1) is 15.9. The van der Waals surface area contributed by atoms with Crippen LogP contribution in [0.3, 0.4) is 0 Å². The molecule has 0 aliphatic rings. The number of amides is 1. The molecule has 8 heteroatoms. The molecular weight excluding hydrogens is 330 g/mol. The second-order valence-electron chi connectivity index (χ2n) is 5.06. The number of anilines is 1. The highest BCUT2D eigenvalue weighted by molar-refractivity contribution is 6.30. The number of carbonyl (C=O) groups is 1. The molecule has 7 nitrogen and oxygen atoms in total. The molecule has 3 aromatic rings. The smallest absolute Gasteiger partial charge is 0.262 e. The van der Waals surface area contributed by atoms with Crippen molar-refractivity contribution in [3.8, 4) is 17.1 Å². The number of nitrogens with one attached hydrogen (secondary N) is 2. The van der Waals surface area contributed by atoms with Crippen LogP contribution in [0.5, 0.6) is 5.75 Å². The van der Waals surface area contributed by atoms with Crippen molar-refractivity contribution in [3.05, 3.63) is 53.1 Å². The maximum Gasteiger partial charge on any atom is 0.262 e. The highest BCUT2D eigenvalue weighted by Gasteiger charge is 2.08. The average molecular weight is 344 g/mol. The zero-order valence-corrected chi connectivity index (χ0v) is 13.5. The lowest BCUT2D eigenvalue weighted by atomic mass is 10.2. The number of hydrogen-bond donors (Lipinski definition) is 2. The molecule has 24 heavy (non-hydrogen) atoms. The van der Waals surface area contributed by atoms with Crippen molar-refractivity contribution in [3.63, 3.8) is 0 Å². The van der Waals surface area contributed by atoms with Gasteiger partial charge in [-0.3, -0.25) is 4.79 Å². The number of hydrogen-bond acceptors (Lipinski definition) is 5. The van der Waals surface area contributed by atoms with Crippen molar-refractivity contribution in [2.24, 2.45) is 0 Å². The Morgan fingerprint density at radius 2 is 2.17 bits per heavy atom. The topological polar surface area (TPSA) is 92.8 Å². The molecule has 0 fully saturated rings. The largest absolute Gasteiger partial charge is 0.483 e. The monoisotopic (exact) mass is 343 g/mol. The Morgan fingerprint density at radius 1 is 1.29 bits per heavy atom. The van der Waals surface area contributed by atoms with Crippen molar-refractivity contribution in [2.75, 3.05) is 11.9 Å². The molecule has 1 heterocycles. The van der Waals surface area contributed by atoms with E-state index in [1.54, 1.807) is 36.4 Å². The summed E-state index contributed by atoms with van der Waals surface area (Å²) in [4.78, 5) is 12.0. The molecule has 2 aromatic carbocycles. The molecule has 2 N–H and O–H groups in total. The van der Waals surface area contributed by atoms with E-state index in [0.29, 0.717) is 22.3 Å². The minimum absolute atomic E-state index is 0.102. The summed E-state index contributed by atoms with van der Waals surface area (Å²) in [5, 5.41) is 17.1. The van der Waals surface area contributed by atoms with E-state index in [2.05, 4.69) is 25.9 Å². The van der Waals surface area contributed by atoms with Crippen molar-refractivity contribution in [1.82, 2.24) is 20.6 Å². The second-order valence-corrected chi connectivity index (χ2v) is 5.50. The van der Waals surface area contributed by atoms with Crippen LogP contribution < -0.4 is 10.1 Å². The number of aromatic amines is 1. The zero-order chi connectivity index (χ0) is 16.9. The molecular formula is C16H14ClN5O2. The third-order valence-electron chi connectivity index (χ3n) is 3.25. The van der Waals surface area contributed by atoms with E-state index in [1.165, 1.54) is 0 Å². The van der Waals surface area contributed by atoms with Gasteiger partial charge in [-0.2, -0.15) is 5.21 Å². The van der Waals surface area contributed by atoms with Gasteiger partial charge in [0.15, 0.2) is 6.61 Å². The van der Waals surface area contributed by atoms with E-state index in [1.807, 2.05) is 13.0 Å². The van der Waals surface area contributed by atoms with E-state index >= 15 is 0 Å². The first-order valence-corrected chi connectivity index (χ1v) is 7.52. The summed E-state index contributed by atoms with van der Waals surface area (Å²) in [6, 6.07) is 12.4. The van der Waals surface area contributed by atoms with Gasteiger partial charge in [0.25, 0.3) is 5.91 Å². The summed E-state index contributed by atoms with van der Waals surface area (Å²) in [5.41, 5.74) is 2.24. The minimum atomic E-state index is -0.269. The summed E-state index contributed by atoms with van der Waals surface area (Å²) in [7, 11) is 0. The first-order chi connectivity index (χ1) is 11.6. The van der Waals surface area contributed by atoms with Crippen LogP contribution in [-0.2, 0) is 4.79 Å². The van der Waals surface area contributed by atoms with Gasteiger partial charge in [0.2, 0.25) is 5.82 Å². The standard InChI is InChI=1S/C16H14ClN5O2/c1-10-7-12(17)5-6-14(10)24-9-15(23)18-13-4-2-3-11(8-13)16-19-21-22-20-16/h2-8H,9H2,1H3,(H,18,23)(H,19,20,21,22). The van der Waals surface area contributed by atoms with Gasteiger partial charge in [0, 0.05) is 16.3 Å². The van der Waals surface area contributed by atoms with Crippen LogP contribution >= 0.6 is 11.6 Å². The molecule has 0 saturated carbocycles. The Balaban J connectivity index is 1.62. The van der Waals surface area contributed by atoms with Crippen LogP contribution in [0.4, 0.5) is 5.69 Å². The van der Waals surface area contributed by atoms with Crippen LogP contribution in [0.1, 0.15) is 5.56 Å². The average Bonchev–Trinajstić information content (AvgIpc) is 3.09. The highest BCUT2D eigenvalue weighted by Crippen LogP contribution is 2.22. The number of nitrogens with zero attached hydrogens (tertiary/aromatic N) is 3. The van der Waals surface area contributed by atoms with Crippen molar-refractivity contribution in [1.29, 1.82) is 0 Å². The SMILES string of the molecule is Cc1cc(Cl)ccc1OCC(=O)Nc1cccc(-c2nn[nH]n2)c1. The number of H-pyrrole nitrogens is 1. The molecule has 0 aliphatic carbocycles. The van der Waals surface area contributed by atoms with Crippen LogP contribution in [0, 0.1) is 6.92 Å². The zero-order valence-electron chi connectivity index (χ0n) is 12.8. The minimum Gasteiger partial charge on any atom is -0.483 e. The van der Waals surface area contributed by atoms with Gasteiger partial charge in [0.1, 0.15) is 5.75 Å². The number of aromatic nitrogens is 4. The molecule has 0 aliphatic heterocycles. The fourth-order valence-corrected chi connectivity index (χ4v) is 2.36. The molecule has 1 amide bonds. The summed E-state index contributed by atoms with van der Waals surface area (Å²) >= 11 is 5.89. The normalized spacial score (nSPS) is 10.4. The molecule has 122 valence electrons. The number of benzene rings is 2. The third kappa shape index (κ3) is 3.88. The predicted octanol–water partition coefficient (Wildman–Crippen LogP) is 2.85. The number of carbonyl (C=O) groups excluding carboxylic acids is 1. The fraction of sp³-hybridized carbons (Fsp3) is 0.125. The van der Waals surface area contributed by atoms with E-state index < -0.39 is 0 Å². The molecule has 0 radical (unpaired) electrons. The second kappa shape index (κ2) is 7.10. The Kier molecular flexibility index (Phi) is 4.72. The number of ether oxygens (including phenoxy) is 1. The summed E-state index contributed by atoms with van der Waals surface area (Å²) in [5.74, 6) is 0.809. The van der Waals surface area contributed by atoms with E-state index in [-0.39, 0.29) is 12.5 Å². The third-order valence-corrected chi connectivity index (χ3v) is 3.48. The number of tetrazole rings is 1. The van der Waals surface area contributed by atoms with Crippen LogP contribution in [0.25, 0.3) is 11.4 Å². The summed E-state index contributed by atoms with van der Waals surface area (Å²) in [6.07, 6.45) is 0. The van der Waals surface area contributed by atoms with E-state index in [0.717, 1.165) is 11.1 Å². The Morgan fingerprint density at radius 3 is 2.92 bits per heavy atom. The quantitative estimate of drug-likeness (QED) is 0.743. The van der Waals surface area contributed by atoms with Gasteiger partial charge in [-0.25, -0.2) is 0 Å². The van der Waals surface area contributed by atoms with Gasteiger partial charge in [-0.05, 0) is 48.0 Å². The number of rotatable bonds is 5. The Labute approximate surface area is 143 Å². The summed E-state index contributed by atoms with van der Waals surface area (Å²) in [6.45, 7) is 1.77. The van der Waals surface area contributed by atoms with Gasteiger partial charge in [0.05, 0.1) is 0 Å². The van der Waals surface area contributed by atoms with Gasteiger partial charge < -0.3 is 10.1 Å². The highest BCUT2D eigenvalue weighted by atomic mass is 35.5. The molecule has 1 aromatic heterocycles. The predicted molar refractivity (Wildman–Crippen MR) is 89.9 cm³/mol. The van der Waals surface area contributed by atoms with Crippen molar-refractivity contribution >= 4 is 23.2 Å². The van der Waals surface area contributed by atoms with Crippen LogP contribution in [0.2, 0.25) is 5.02 Å². The van der Waals surface area contributed by atoms with Gasteiger partial charge >= 0.3 is 0 Å². The maximum atomic E-state index is 12.0. The Hall–Kier alpha value is -2.93. The van der Waals surface area contributed by atoms with E-state index in [4.69, 9.17) is 16.3 Å². The van der Waals surface area contributed by atoms with Gasteiger partial charge in [-0.1, -0.05) is 23.7 Å². The molecule has 0 spiro atoms. The molecule has 0 saturated heterocycles. The molecule has 0 bridgehead atoms. The number of aryl methyl sites for hydroxylation is 1. The van der Waals surface area contributed by atoms with E-state index in [9.17, 15) is 4.79 Å². The maximum absolute atomic E-state index is 12.0. The molecule has 3 rings (SSSR count). The lowest BCUT2D eigenvalue weighted by molar-refractivity contribution is -0.118. The lowest BCUT2D eigenvalue weighted by Crippen LogP contribution is -2.20. The van der Waals surface area contributed by atoms with Crippen LogP contribution in [0.15, 0.2) is 42.5 Å². The van der Waals surface area contributed by atoms with Crippen LogP contribution in [-0.4, -0.2) is 33.1 Å². The lowest BCUT2D eigenvalue weighted by Gasteiger charge is -2.10. The number of halogens is 1.